The zero-order chi connectivity index (χ0) is 14.6. The van der Waals surface area contributed by atoms with Gasteiger partial charge in [-0.3, -0.25) is 9.59 Å². The highest BCUT2D eigenvalue weighted by Crippen LogP contribution is 2.34. The van der Waals surface area contributed by atoms with E-state index in [2.05, 4.69) is 0 Å². The van der Waals surface area contributed by atoms with Gasteiger partial charge in [-0.25, -0.2) is 0 Å². The molecule has 0 heterocycles. The van der Waals surface area contributed by atoms with E-state index in [-0.39, 0.29) is 5.92 Å². The van der Waals surface area contributed by atoms with Crippen molar-refractivity contribution in [2.24, 2.45) is 17.8 Å². The molecule has 1 aliphatic carbocycles. The van der Waals surface area contributed by atoms with Crippen LogP contribution in [0.1, 0.15) is 20.3 Å². The summed E-state index contributed by atoms with van der Waals surface area (Å²) in [5, 5.41) is 9.26. The third-order valence-corrected chi connectivity index (χ3v) is 3.46. The van der Waals surface area contributed by atoms with E-state index in [4.69, 9.17) is 4.74 Å². The number of carbonyl (C=O) groups is 2. The molecule has 0 aromatic heterocycles. The average Bonchev–Trinajstić information content (AvgIpc) is 2.26. The smallest absolute Gasteiger partial charge is 0.310 e. The second-order valence-corrected chi connectivity index (χ2v) is 5.52. The topological polar surface area (TPSA) is 66.8 Å². The number of hydrogen-bond acceptors (Lipinski definition) is 4. The molecule has 0 saturated heterocycles. The number of allylic oxidation sites excluding steroid dienone is 2. The van der Waals surface area contributed by atoms with Crippen molar-refractivity contribution in [2.45, 2.75) is 20.3 Å². The van der Waals surface area contributed by atoms with Crippen molar-refractivity contribution in [3.8, 4) is 0 Å². The van der Waals surface area contributed by atoms with Crippen LogP contribution in [0.5, 0.6) is 0 Å². The summed E-state index contributed by atoms with van der Waals surface area (Å²) in [4.78, 5) is 25.3. The van der Waals surface area contributed by atoms with Crippen LogP contribution in [-0.4, -0.2) is 49.2 Å². The van der Waals surface area contributed by atoms with Gasteiger partial charge >= 0.3 is 11.9 Å². The number of carboxylic acids is 1. The van der Waals surface area contributed by atoms with Crippen LogP contribution in [0.2, 0.25) is 0 Å². The molecule has 0 unspecified atom stereocenters. The lowest BCUT2D eigenvalue weighted by molar-refractivity contribution is -0.160. The monoisotopic (exact) mass is 269 g/mol. The molecule has 5 nitrogen and oxygen atoms in total. The van der Waals surface area contributed by atoms with E-state index in [0.717, 1.165) is 5.57 Å². The zero-order valence-electron chi connectivity index (χ0n) is 12.0. The van der Waals surface area contributed by atoms with Gasteiger partial charge in [0.05, 0.1) is 11.8 Å². The Labute approximate surface area is 114 Å². The Morgan fingerprint density at radius 2 is 2.11 bits per heavy atom. The van der Waals surface area contributed by atoms with Gasteiger partial charge in [0.1, 0.15) is 6.61 Å². The lowest BCUT2D eigenvalue weighted by atomic mass is 9.74. The Kier molecular flexibility index (Phi) is 5.54. The molecule has 1 N–H and O–H groups in total. The standard InChI is InChI=1S/C14H23NO4/c1-9-7-10(2)12(11(8-9)13(16)17)14(18)19-6-5-15(3)4/h7,10-12H,5-6,8H2,1-4H3,(H,16,17)/t10-,11-,12-/m0/s1. The zero-order valence-corrected chi connectivity index (χ0v) is 12.0. The van der Waals surface area contributed by atoms with Crippen LogP contribution in [0.15, 0.2) is 11.6 Å². The summed E-state index contributed by atoms with van der Waals surface area (Å²) in [5.41, 5.74) is 1.03. The summed E-state index contributed by atoms with van der Waals surface area (Å²) in [6.45, 7) is 4.71. The first-order valence-corrected chi connectivity index (χ1v) is 6.54. The summed E-state index contributed by atoms with van der Waals surface area (Å²) >= 11 is 0. The van der Waals surface area contributed by atoms with Crippen LogP contribution < -0.4 is 0 Å². The fraction of sp³-hybridized carbons (Fsp3) is 0.714. The van der Waals surface area contributed by atoms with Gasteiger partial charge in [-0.05, 0) is 33.4 Å². The van der Waals surface area contributed by atoms with Crippen LogP contribution in [0.4, 0.5) is 0 Å². The number of aliphatic carboxylic acids is 1. The van der Waals surface area contributed by atoms with Crippen molar-refractivity contribution < 1.29 is 19.4 Å². The normalized spacial score (nSPS) is 27.0. The van der Waals surface area contributed by atoms with Gasteiger partial charge < -0.3 is 14.7 Å². The summed E-state index contributed by atoms with van der Waals surface area (Å²) < 4.78 is 5.21. The van der Waals surface area contributed by atoms with Crippen LogP contribution in [0, 0.1) is 17.8 Å². The molecule has 3 atom stereocenters. The van der Waals surface area contributed by atoms with Crippen molar-refractivity contribution in [1.82, 2.24) is 4.90 Å². The van der Waals surface area contributed by atoms with Gasteiger partial charge in [-0.2, -0.15) is 0 Å². The largest absolute Gasteiger partial charge is 0.481 e. The quantitative estimate of drug-likeness (QED) is 0.603. The molecule has 1 rings (SSSR count). The Hall–Kier alpha value is -1.36. The molecule has 5 heteroatoms. The maximum absolute atomic E-state index is 12.1. The lowest BCUT2D eigenvalue weighted by Crippen LogP contribution is -2.38. The van der Waals surface area contributed by atoms with Gasteiger partial charge in [0.25, 0.3) is 0 Å². The van der Waals surface area contributed by atoms with E-state index in [1.807, 2.05) is 38.9 Å². The Morgan fingerprint density at radius 1 is 1.47 bits per heavy atom. The fourth-order valence-corrected chi connectivity index (χ4v) is 2.51. The molecule has 0 fully saturated rings. The number of carbonyl (C=O) groups excluding carboxylic acids is 1. The van der Waals surface area contributed by atoms with Gasteiger partial charge in [-0.15, -0.1) is 0 Å². The fourth-order valence-electron chi connectivity index (χ4n) is 2.51. The Bertz CT molecular complexity index is 376. The minimum absolute atomic E-state index is 0.0956. The molecule has 0 radical (unpaired) electrons. The van der Waals surface area contributed by atoms with E-state index in [0.29, 0.717) is 19.6 Å². The molecule has 0 spiro atoms. The van der Waals surface area contributed by atoms with Crippen molar-refractivity contribution in [1.29, 1.82) is 0 Å². The number of nitrogens with zero attached hydrogens (tertiary/aromatic N) is 1. The van der Waals surface area contributed by atoms with Crippen molar-refractivity contribution in [3.05, 3.63) is 11.6 Å². The number of ether oxygens (including phenoxy) is 1. The van der Waals surface area contributed by atoms with Crippen LogP contribution in [0.25, 0.3) is 0 Å². The maximum atomic E-state index is 12.1. The SMILES string of the molecule is CC1=C[C@H](C)[C@H](C(=O)OCCN(C)C)[C@@H](C(=O)O)C1. The van der Waals surface area contributed by atoms with Gasteiger partial charge in [0, 0.05) is 6.54 Å². The third kappa shape index (κ3) is 4.35. The van der Waals surface area contributed by atoms with Gasteiger partial charge in [-0.1, -0.05) is 18.6 Å². The van der Waals surface area contributed by atoms with Crippen LogP contribution in [-0.2, 0) is 14.3 Å². The number of esters is 1. The van der Waals surface area contributed by atoms with E-state index >= 15 is 0 Å². The first kappa shape index (κ1) is 15.7. The maximum Gasteiger partial charge on any atom is 0.310 e. The summed E-state index contributed by atoms with van der Waals surface area (Å²) in [6, 6.07) is 0. The molecule has 1 aliphatic rings. The molecule has 108 valence electrons. The number of carboxylic acid groups (broad SMARTS) is 1. The first-order chi connectivity index (χ1) is 8.82. The minimum Gasteiger partial charge on any atom is -0.481 e. The summed E-state index contributed by atoms with van der Waals surface area (Å²) in [7, 11) is 3.78. The van der Waals surface area contributed by atoms with Gasteiger partial charge in [0.15, 0.2) is 0 Å². The first-order valence-electron chi connectivity index (χ1n) is 6.54. The molecule has 0 saturated carbocycles. The van der Waals surface area contributed by atoms with Crippen molar-refractivity contribution in [2.75, 3.05) is 27.2 Å². The van der Waals surface area contributed by atoms with Crippen molar-refractivity contribution >= 4 is 11.9 Å². The van der Waals surface area contributed by atoms with E-state index < -0.39 is 23.8 Å². The third-order valence-electron chi connectivity index (χ3n) is 3.46. The molecule has 0 amide bonds. The summed E-state index contributed by atoms with van der Waals surface area (Å²) in [5.74, 6) is -2.67. The van der Waals surface area contributed by atoms with Crippen molar-refractivity contribution in [3.63, 3.8) is 0 Å². The van der Waals surface area contributed by atoms with Gasteiger partial charge in [0.2, 0.25) is 0 Å². The average molecular weight is 269 g/mol. The number of rotatable bonds is 5. The molecule has 0 aromatic rings. The molecule has 0 aromatic carbocycles. The van der Waals surface area contributed by atoms with Crippen LogP contribution in [0.3, 0.4) is 0 Å². The highest BCUT2D eigenvalue weighted by molar-refractivity contribution is 5.82. The second kappa shape index (κ2) is 6.70. The Morgan fingerprint density at radius 3 is 2.63 bits per heavy atom. The Balaban J connectivity index is 2.71. The highest BCUT2D eigenvalue weighted by atomic mass is 16.5. The highest BCUT2D eigenvalue weighted by Gasteiger charge is 2.40. The lowest BCUT2D eigenvalue weighted by Gasteiger charge is -2.30. The van der Waals surface area contributed by atoms with E-state index in [9.17, 15) is 14.7 Å². The molecule has 19 heavy (non-hydrogen) atoms. The van der Waals surface area contributed by atoms with E-state index in [1.54, 1.807) is 0 Å². The number of likely N-dealkylation sites (N-methyl/N-ethyl adjacent to an activating group) is 1. The molecular formula is C14H23NO4. The number of hydrogen-bond donors (Lipinski definition) is 1. The predicted octanol–water partition coefficient (Wildman–Crippen LogP) is 1.39. The molecule has 0 aliphatic heterocycles. The summed E-state index contributed by atoms with van der Waals surface area (Å²) in [6.07, 6.45) is 2.39. The molecule has 0 bridgehead atoms. The predicted molar refractivity (Wildman–Crippen MR) is 71.7 cm³/mol. The molecular weight excluding hydrogens is 246 g/mol. The van der Waals surface area contributed by atoms with E-state index in [1.165, 1.54) is 0 Å². The minimum atomic E-state index is -0.922. The second-order valence-electron chi connectivity index (χ2n) is 5.52. The van der Waals surface area contributed by atoms with Crippen LogP contribution >= 0.6 is 0 Å².